The molecule has 0 saturated carbocycles. The number of aromatic nitrogens is 2. The third-order valence-corrected chi connectivity index (χ3v) is 2.87. The van der Waals surface area contributed by atoms with Crippen molar-refractivity contribution in [1.82, 2.24) is 10.2 Å². The zero-order valence-corrected chi connectivity index (χ0v) is 10.3. The van der Waals surface area contributed by atoms with Gasteiger partial charge in [-0.2, -0.15) is 5.10 Å². The van der Waals surface area contributed by atoms with Gasteiger partial charge in [0, 0.05) is 11.8 Å². The third-order valence-electron chi connectivity index (χ3n) is 2.87. The van der Waals surface area contributed by atoms with Crippen LogP contribution in [0.4, 0.5) is 5.69 Å². The Bertz CT molecular complexity index is 520. The van der Waals surface area contributed by atoms with Crippen LogP contribution in [0, 0.1) is 0 Å². The molecule has 1 heterocycles. The van der Waals surface area contributed by atoms with Gasteiger partial charge in [-0.3, -0.25) is 9.89 Å². The molecule has 0 bridgehead atoms. The zero-order valence-electron chi connectivity index (χ0n) is 10.3. The number of anilines is 1. The molecular weight excluding hydrogens is 228 g/mol. The standard InChI is InChI=1S/C13H18N4O/c14-8-3-1-2-7-13(18)16-11-5-4-6-12-10(11)9-15-17-12/h4-6,9H,1-3,7-8,14H2,(H,15,17)(H,16,18). The summed E-state index contributed by atoms with van der Waals surface area (Å²) in [6, 6.07) is 5.71. The minimum atomic E-state index is 0.0423. The first-order valence-electron chi connectivity index (χ1n) is 6.23. The Hall–Kier alpha value is -1.88. The number of amides is 1. The van der Waals surface area contributed by atoms with E-state index in [9.17, 15) is 4.79 Å². The summed E-state index contributed by atoms with van der Waals surface area (Å²) < 4.78 is 0. The van der Waals surface area contributed by atoms with Crippen LogP contribution in [0.2, 0.25) is 0 Å². The Kier molecular flexibility index (Phi) is 4.30. The summed E-state index contributed by atoms with van der Waals surface area (Å²) in [5, 5.41) is 10.7. The van der Waals surface area contributed by atoms with Gasteiger partial charge < -0.3 is 11.1 Å². The molecule has 18 heavy (non-hydrogen) atoms. The van der Waals surface area contributed by atoms with Crippen molar-refractivity contribution < 1.29 is 4.79 Å². The van der Waals surface area contributed by atoms with E-state index in [0.29, 0.717) is 13.0 Å². The van der Waals surface area contributed by atoms with Gasteiger partial charge in [-0.05, 0) is 31.5 Å². The van der Waals surface area contributed by atoms with Crippen molar-refractivity contribution in [3.63, 3.8) is 0 Å². The Morgan fingerprint density at radius 1 is 1.33 bits per heavy atom. The van der Waals surface area contributed by atoms with E-state index in [-0.39, 0.29) is 5.91 Å². The van der Waals surface area contributed by atoms with E-state index in [0.717, 1.165) is 35.9 Å². The Labute approximate surface area is 106 Å². The third kappa shape index (κ3) is 3.07. The molecule has 0 atom stereocenters. The monoisotopic (exact) mass is 246 g/mol. The molecule has 1 amide bonds. The van der Waals surface area contributed by atoms with Gasteiger partial charge >= 0.3 is 0 Å². The van der Waals surface area contributed by atoms with E-state index in [1.54, 1.807) is 6.20 Å². The molecule has 0 fully saturated rings. The summed E-state index contributed by atoms with van der Waals surface area (Å²) in [5.74, 6) is 0.0423. The number of unbranched alkanes of at least 4 members (excludes halogenated alkanes) is 2. The van der Waals surface area contributed by atoms with Crippen LogP contribution in [0.15, 0.2) is 24.4 Å². The van der Waals surface area contributed by atoms with E-state index in [2.05, 4.69) is 15.5 Å². The number of hydrogen-bond acceptors (Lipinski definition) is 3. The molecule has 0 saturated heterocycles. The Balaban J connectivity index is 1.92. The number of rotatable bonds is 6. The molecular formula is C13H18N4O. The zero-order chi connectivity index (χ0) is 12.8. The van der Waals surface area contributed by atoms with Gasteiger partial charge in [-0.15, -0.1) is 0 Å². The van der Waals surface area contributed by atoms with E-state index >= 15 is 0 Å². The first-order chi connectivity index (χ1) is 8.81. The minimum Gasteiger partial charge on any atom is -0.330 e. The number of fused-ring (bicyclic) bond motifs is 1. The molecule has 0 radical (unpaired) electrons. The van der Waals surface area contributed by atoms with Crippen molar-refractivity contribution in [3.8, 4) is 0 Å². The summed E-state index contributed by atoms with van der Waals surface area (Å²) in [4.78, 5) is 11.8. The number of benzene rings is 1. The lowest BCUT2D eigenvalue weighted by molar-refractivity contribution is -0.116. The Morgan fingerprint density at radius 3 is 3.06 bits per heavy atom. The summed E-state index contributed by atoms with van der Waals surface area (Å²) in [5.41, 5.74) is 7.15. The molecule has 5 heteroatoms. The topological polar surface area (TPSA) is 83.8 Å². The van der Waals surface area contributed by atoms with Crippen molar-refractivity contribution in [2.75, 3.05) is 11.9 Å². The van der Waals surface area contributed by atoms with Crippen LogP contribution in [-0.2, 0) is 4.79 Å². The molecule has 0 unspecified atom stereocenters. The van der Waals surface area contributed by atoms with Gasteiger partial charge in [-0.25, -0.2) is 0 Å². The van der Waals surface area contributed by atoms with Gasteiger partial charge in [0.15, 0.2) is 0 Å². The lowest BCUT2D eigenvalue weighted by atomic mass is 10.1. The predicted molar refractivity (Wildman–Crippen MR) is 72.2 cm³/mol. The molecule has 2 aromatic rings. The maximum absolute atomic E-state index is 11.8. The number of carbonyl (C=O) groups is 1. The fourth-order valence-electron chi connectivity index (χ4n) is 1.90. The molecule has 0 aliphatic rings. The maximum atomic E-state index is 11.8. The first-order valence-corrected chi connectivity index (χ1v) is 6.23. The van der Waals surface area contributed by atoms with Gasteiger partial charge in [0.2, 0.25) is 5.91 Å². The van der Waals surface area contributed by atoms with E-state index in [4.69, 9.17) is 5.73 Å². The second-order valence-corrected chi connectivity index (χ2v) is 4.28. The van der Waals surface area contributed by atoms with Crippen molar-refractivity contribution in [1.29, 1.82) is 0 Å². The average molecular weight is 246 g/mol. The first kappa shape index (κ1) is 12.6. The molecule has 5 nitrogen and oxygen atoms in total. The molecule has 1 aromatic heterocycles. The number of H-pyrrole nitrogens is 1. The molecule has 0 spiro atoms. The van der Waals surface area contributed by atoms with Crippen molar-refractivity contribution in [3.05, 3.63) is 24.4 Å². The van der Waals surface area contributed by atoms with Gasteiger partial charge in [0.25, 0.3) is 0 Å². The molecule has 0 aliphatic carbocycles. The molecule has 96 valence electrons. The number of hydrogen-bond donors (Lipinski definition) is 3. The number of nitrogens with one attached hydrogen (secondary N) is 2. The Morgan fingerprint density at radius 2 is 2.22 bits per heavy atom. The second kappa shape index (κ2) is 6.16. The molecule has 4 N–H and O–H groups in total. The highest BCUT2D eigenvalue weighted by atomic mass is 16.1. The normalized spacial score (nSPS) is 10.7. The maximum Gasteiger partial charge on any atom is 0.224 e. The smallest absolute Gasteiger partial charge is 0.224 e. The van der Waals surface area contributed by atoms with Gasteiger partial charge in [0.05, 0.1) is 17.4 Å². The number of carbonyl (C=O) groups excluding carboxylic acids is 1. The molecule has 1 aromatic carbocycles. The molecule has 2 rings (SSSR count). The van der Waals surface area contributed by atoms with Crippen molar-refractivity contribution >= 4 is 22.5 Å². The van der Waals surface area contributed by atoms with Crippen molar-refractivity contribution in [2.45, 2.75) is 25.7 Å². The van der Waals surface area contributed by atoms with Crippen LogP contribution in [0.25, 0.3) is 10.9 Å². The lowest BCUT2D eigenvalue weighted by Crippen LogP contribution is -2.11. The number of aromatic amines is 1. The van der Waals surface area contributed by atoms with Crippen LogP contribution in [0.1, 0.15) is 25.7 Å². The number of nitrogens with two attached hydrogens (primary N) is 1. The fourth-order valence-corrected chi connectivity index (χ4v) is 1.90. The summed E-state index contributed by atoms with van der Waals surface area (Å²) in [6.45, 7) is 0.690. The van der Waals surface area contributed by atoms with E-state index < -0.39 is 0 Å². The van der Waals surface area contributed by atoms with Gasteiger partial charge in [0.1, 0.15) is 0 Å². The SMILES string of the molecule is NCCCCCC(=O)Nc1cccc2[nH]ncc12. The lowest BCUT2D eigenvalue weighted by Gasteiger charge is -2.06. The minimum absolute atomic E-state index is 0.0423. The average Bonchev–Trinajstić information content (AvgIpc) is 2.84. The highest BCUT2D eigenvalue weighted by Gasteiger charge is 2.06. The van der Waals surface area contributed by atoms with Crippen LogP contribution < -0.4 is 11.1 Å². The van der Waals surface area contributed by atoms with Gasteiger partial charge in [-0.1, -0.05) is 12.5 Å². The quantitative estimate of drug-likeness (QED) is 0.682. The fraction of sp³-hybridized carbons (Fsp3) is 0.385. The largest absolute Gasteiger partial charge is 0.330 e. The highest BCUT2D eigenvalue weighted by molar-refractivity contribution is 6.00. The summed E-state index contributed by atoms with van der Waals surface area (Å²) in [6.07, 6.45) is 5.11. The van der Waals surface area contributed by atoms with Crippen LogP contribution in [0.5, 0.6) is 0 Å². The van der Waals surface area contributed by atoms with Crippen LogP contribution in [-0.4, -0.2) is 22.6 Å². The molecule has 0 aliphatic heterocycles. The predicted octanol–water partition coefficient (Wildman–Crippen LogP) is 2.02. The van der Waals surface area contributed by atoms with Crippen LogP contribution >= 0.6 is 0 Å². The van der Waals surface area contributed by atoms with E-state index in [1.165, 1.54) is 0 Å². The summed E-state index contributed by atoms with van der Waals surface area (Å²) in [7, 11) is 0. The van der Waals surface area contributed by atoms with Crippen LogP contribution in [0.3, 0.4) is 0 Å². The second-order valence-electron chi connectivity index (χ2n) is 4.28. The van der Waals surface area contributed by atoms with E-state index in [1.807, 2.05) is 18.2 Å². The van der Waals surface area contributed by atoms with Crippen molar-refractivity contribution in [2.24, 2.45) is 5.73 Å². The summed E-state index contributed by atoms with van der Waals surface area (Å²) >= 11 is 0. The number of nitrogens with zero attached hydrogens (tertiary/aromatic N) is 1. The highest BCUT2D eigenvalue weighted by Crippen LogP contribution is 2.21.